The first-order chi connectivity index (χ1) is 13.4. The number of allylic oxidation sites excluding steroid dienone is 2. The van der Waals surface area contributed by atoms with E-state index in [2.05, 4.69) is 64.3 Å². The second-order valence-corrected chi connectivity index (χ2v) is 11.6. The first-order valence-corrected chi connectivity index (χ1v) is 11.6. The van der Waals surface area contributed by atoms with E-state index in [0.717, 1.165) is 22.5 Å². The fourth-order valence-electron chi connectivity index (χ4n) is 4.49. The van der Waals surface area contributed by atoms with Gasteiger partial charge in [0.15, 0.2) is 0 Å². The molecule has 4 rings (SSSR count). The Kier molecular flexibility index (Phi) is 4.38. The average Bonchev–Trinajstić information content (AvgIpc) is 2.58. The first kappa shape index (κ1) is 20.0. The first-order valence-electron chi connectivity index (χ1n) is 9.96. The largest absolute Gasteiger partial charge is 0.376 e. The maximum absolute atomic E-state index is 13.5. The van der Waals surface area contributed by atoms with E-state index in [1.807, 2.05) is 24.3 Å². The Morgan fingerprint density at radius 2 is 1.14 bits per heavy atom. The monoisotopic (exact) mass is 408 g/mol. The summed E-state index contributed by atoms with van der Waals surface area (Å²) in [7, 11) is -3.73. The fraction of sp³-hybridized carbons (Fsp3) is 0.333. The summed E-state index contributed by atoms with van der Waals surface area (Å²) in [5.74, 6) is 0. The Balaban J connectivity index is 1.77. The van der Waals surface area contributed by atoms with Crippen LogP contribution in [0.2, 0.25) is 0 Å². The maximum atomic E-state index is 13.5. The third-order valence-electron chi connectivity index (χ3n) is 5.62. The molecule has 2 aromatic carbocycles. The van der Waals surface area contributed by atoms with Gasteiger partial charge < -0.3 is 15.5 Å². The van der Waals surface area contributed by atoms with E-state index in [0.29, 0.717) is 10.6 Å². The summed E-state index contributed by atoms with van der Waals surface area (Å²) in [5, 5.41) is 7.82. The van der Waals surface area contributed by atoms with Crippen molar-refractivity contribution < 1.29 is 9.46 Å². The van der Waals surface area contributed by atoms with Crippen LogP contribution < -0.4 is 21.2 Å². The summed E-state index contributed by atoms with van der Waals surface area (Å²) in [6.45, 7) is 12.5. The zero-order chi connectivity index (χ0) is 21.2. The smallest absolute Gasteiger partial charge is 0.258 e. The van der Waals surface area contributed by atoms with E-state index >= 15 is 0 Å². The molecule has 3 N–H and O–H groups in total. The zero-order valence-electron chi connectivity index (χ0n) is 17.9. The standard InChI is InChI=1S/C24H29N2O2P/c1-15-13-23(3,4)25-21-11-17(7-9-19(15)21)29(27,28)18-8-10-20-16(2)14-24(5,6)26-22(20)12-18/h7-14,25-26H,1-6H3,(H,27,28). The van der Waals surface area contributed by atoms with Gasteiger partial charge in [-0.05, 0) is 77.0 Å². The average molecular weight is 408 g/mol. The van der Waals surface area contributed by atoms with Crippen LogP contribution in [0.15, 0.2) is 48.6 Å². The van der Waals surface area contributed by atoms with Gasteiger partial charge in [0.1, 0.15) is 0 Å². The van der Waals surface area contributed by atoms with Crippen LogP contribution >= 0.6 is 7.37 Å². The van der Waals surface area contributed by atoms with Gasteiger partial charge in [0.05, 0.1) is 11.1 Å². The van der Waals surface area contributed by atoms with Crippen LogP contribution in [-0.2, 0) is 4.57 Å². The van der Waals surface area contributed by atoms with Crippen molar-refractivity contribution >= 4 is 40.5 Å². The van der Waals surface area contributed by atoms with Gasteiger partial charge in [-0.1, -0.05) is 24.3 Å². The third-order valence-corrected chi connectivity index (χ3v) is 7.58. The number of hydrogen-bond donors (Lipinski definition) is 3. The van der Waals surface area contributed by atoms with Gasteiger partial charge >= 0.3 is 0 Å². The molecule has 0 amide bonds. The lowest BCUT2D eigenvalue weighted by Gasteiger charge is -2.32. The number of benzene rings is 2. The summed E-state index contributed by atoms with van der Waals surface area (Å²) < 4.78 is 13.5. The van der Waals surface area contributed by atoms with Crippen LogP contribution in [0.1, 0.15) is 52.7 Å². The quantitative estimate of drug-likeness (QED) is 0.604. The second-order valence-electron chi connectivity index (χ2n) is 9.38. The topological polar surface area (TPSA) is 61.4 Å². The maximum Gasteiger partial charge on any atom is 0.258 e. The highest BCUT2D eigenvalue weighted by Gasteiger charge is 2.30. The van der Waals surface area contributed by atoms with Crippen LogP contribution in [0, 0.1) is 0 Å². The molecule has 0 saturated carbocycles. The molecule has 0 atom stereocenters. The van der Waals surface area contributed by atoms with E-state index in [4.69, 9.17) is 0 Å². The molecular weight excluding hydrogens is 379 g/mol. The number of rotatable bonds is 2. The Labute approximate surface area is 173 Å². The molecule has 0 saturated heterocycles. The van der Waals surface area contributed by atoms with Crippen molar-refractivity contribution in [2.24, 2.45) is 0 Å². The van der Waals surface area contributed by atoms with E-state index in [9.17, 15) is 9.46 Å². The van der Waals surface area contributed by atoms with E-state index in [1.165, 1.54) is 11.1 Å². The SMILES string of the molecule is CC1=CC(C)(C)Nc2cc(P(=O)(O)c3ccc4c(c3)NC(C)(C)C=C4C)ccc21. The Hall–Kier alpha value is -2.29. The molecule has 29 heavy (non-hydrogen) atoms. The van der Waals surface area contributed by atoms with Crippen LogP contribution in [0.3, 0.4) is 0 Å². The van der Waals surface area contributed by atoms with Crippen molar-refractivity contribution in [3.05, 3.63) is 59.7 Å². The van der Waals surface area contributed by atoms with Crippen molar-refractivity contribution in [2.75, 3.05) is 10.6 Å². The minimum absolute atomic E-state index is 0.194. The van der Waals surface area contributed by atoms with Crippen LogP contribution in [0.25, 0.3) is 11.1 Å². The summed E-state index contributed by atoms with van der Waals surface area (Å²) >= 11 is 0. The number of anilines is 2. The predicted octanol–water partition coefficient (Wildman–Crippen LogP) is 5.12. The van der Waals surface area contributed by atoms with Gasteiger partial charge in [-0.25, -0.2) is 0 Å². The zero-order valence-corrected chi connectivity index (χ0v) is 18.8. The van der Waals surface area contributed by atoms with Gasteiger partial charge in [-0.3, -0.25) is 4.57 Å². The lowest BCUT2D eigenvalue weighted by atomic mass is 9.91. The molecule has 0 unspecified atom stereocenters. The molecule has 0 spiro atoms. The molecule has 152 valence electrons. The number of hydrogen-bond acceptors (Lipinski definition) is 3. The predicted molar refractivity (Wildman–Crippen MR) is 125 cm³/mol. The van der Waals surface area contributed by atoms with E-state index in [1.54, 1.807) is 12.1 Å². The highest BCUT2D eigenvalue weighted by Crippen LogP contribution is 2.43. The summed E-state index contributed by atoms with van der Waals surface area (Å²) in [5.41, 5.74) is 5.90. The molecule has 4 nitrogen and oxygen atoms in total. The third kappa shape index (κ3) is 3.56. The lowest BCUT2D eigenvalue weighted by Crippen LogP contribution is -2.33. The Morgan fingerprint density at radius 1 is 0.759 bits per heavy atom. The number of fused-ring (bicyclic) bond motifs is 2. The lowest BCUT2D eigenvalue weighted by molar-refractivity contribution is 0.501. The van der Waals surface area contributed by atoms with Gasteiger partial charge in [-0.2, -0.15) is 0 Å². The van der Waals surface area contributed by atoms with Crippen LogP contribution in [0.5, 0.6) is 0 Å². The molecule has 2 aliphatic heterocycles. The summed E-state index contributed by atoms with van der Waals surface area (Å²) in [6, 6.07) is 11.1. The van der Waals surface area contributed by atoms with Gasteiger partial charge in [0.25, 0.3) is 7.37 Å². The molecule has 0 aliphatic carbocycles. The normalized spacial score (nSPS) is 19.1. The van der Waals surface area contributed by atoms with Crippen molar-refractivity contribution in [3.8, 4) is 0 Å². The molecule has 5 heteroatoms. The van der Waals surface area contributed by atoms with Crippen molar-refractivity contribution in [1.82, 2.24) is 0 Å². The fourth-order valence-corrected chi connectivity index (χ4v) is 5.95. The highest BCUT2D eigenvalue weighted by molar-refractivity contribution is 7.73. The molecular formula is C24H29N2O2P. The minimum Gasteiger partial charge on any atom is -0.376 e. The van der Waals surface area contributed by atoms with Crippen LogP contribution in [0.4, 0.5) is 11.4 Å². The molecule has 2 aromatic rings. The minimum atomic E-state index is -3.73. The molecule has 2 aliphatic rings. The summed E-state index contributed by atoms with van der Waals surface area (Å²) in [4.78, 5) is 11.1. The van der Waals surface area contributed by atoms with Crippen molar-refractivity contribution in [2.45, 2.75) is 52.6 Å². The van der Waals surface area contributed by atoms with E-state index < -0.39 is 7.37 Å². The summed E-state index contributed by atoms with van der Waals surface area (Å²) in [6.07, 6.45) is 4.36. The molecule has 0 aromatic heterocycles. The van der Waals surface area contributed by atoms with Gasteiger partial charge in [0, 0.05) is 33.1 Å². The van der Waals surface area contributed by atoms with E-state index in [-0.39, 0.29) is 11.1 Å². The van der Waals surface area contributed by atoms with Crippen molar-refractivity contribution in [1.29, 1.82) is 0 Å². The Bertz CT molecular complexity index is 1040. The van der Waals surface area contributed by atoms with Gasteiger partial charge in [-0.15, -0.1) is 0 Å². The highest BCUT2D eigenvalue weighted by atomic mass is 31.2. The molecule has 0 radical (unpaired) electrons. The van der Waals surface area contributed by atoms with Crippen LogP contribution in [-0.4, -0.2) is 16.0 Å². The molecule has 2 heterocycles. The number of nitrogens with one attached hydrogen (secondary N) is 2. The van der Waals surface area contributed by atoms with Crippen molar-refractivity contribution in [3.63, 3.8) is 0 Å². The second kappa shape index (κ2) is 6.35. The molecule has 0 fully saturated rings. The Morgan fingerprint density at radius 3 is 1.52 bits per heavy atom. The van der Waals surface area contributed by atoms with Gasteiger partial charge in [0.2, 0.25) is 0 Å². The molecule has 0 bridgehead atoms.